The summed E-state index contributed by atoms with van der Waals surface area (Å²) in [5.41, 5.74) is 8.41. The van der Waals surface area contributed by atoms with Crippen LogP contribution in [0.4, 0.5) is 5.69 Å². The third kappa shape index (κ3) is 5.61. The molecule has 0 radical (unpaired) electrons. The molecule has 3 N–H and O–H groups in total. The standard InChI is InChI=1S/C21H29N5O/c1-5-7-11-21(4,26-19(22)6-2)16-9-8-10-17(12-16)25-20(27)18-14-23-15(3)13-24-18/h8-10,12-14H,5-7,11H2,1-4H3,(H2,22,26)(H,25,27). The van der Waals surface area contributed by atoms with Crippen LogP contribution in [0.1, 0.15) is 68.2 Å². The van der Waals surface area contributed by atoms with Crippen LogP contribution in [-0.4, -0.2) is 21.7 Å². The molecule has 0 aliphatic rings. The smallest absolute Gasteiger partial charge is 0.275 e. The molecule has 1 aromatic carbocycles. The summed E-state index contributed by atoms with van der Waals surface area (Å²) in [6.45, 7) is 8.08. The van der Waals surface area contributed by atoms with Gasteiger partial charge in [0, 0.05) is 18.3 Å². The first kappa shape index (κ1) is 20.6. The normalized spacial score (nSPS) is 13.9. The first-order chi connectivity index (χ1) is 12.9. The second kappa shape index (κ2) is 9.26. The number of unbranched alkanes of at least 4 members (excludes halogenated alkanes) is 1. The van der Waals surface area contributed by atoms with Crippen LogP contribution in [0.15, 0.2) is 41.7 Å². The van der Waals surface area contributed by atoms with Gasteiger partial charge in [-0.15, -0.1) is 0 Å². The van der Waals surface area contributed by atoms with E-state index in [9.17, 15) is 4.79 Å². The van der Waals surface area contributed by atoms with Crippen molar-refractivity contribution in [2.24, 2.45) is 10.7 Å². The van der Waals surface area contributed by atoms with Crippen LogP contribution < -0.4 is 11.1 Å². The molecule has 1 aromatic heterocycles. The van der Waals surface area contributed by atoms with Gasteiger partial charge in [-0.2, -0.15) is 0 Å². The predicted molar refractivity (Wildman–Crippen MR) is 110 cm³/mol. The lowest BCUT2D eigenvalue weighted by Gasteiger charge is -2.27. The van der Waals surface area contributed by atoms with Crippen molar-refractivity contribution in [1.29, 1.82) is 0 Å². The summed E-state index contributed by atoms with van der Waals surface area (Å²) in [5.74, 6) is 0.351. The number of hydrogen-bond acceptors (Lipinski definition) is 4. The van der Waals surface area contributed by atoms with Crippen molar-refractivity contribution in [3.63, 3.8) is 0 Å². The average molecular weight is 367 g/mol. The van der Waals surface area contributed by atoms with E-state index in [1.807, 2.05) is 38.1 Å². The van der Waals surface area contributed by atoms with Crippen molar-refractivity contribution in [2.45, 2.75) is 58.9 Å². The molecule has 0 aliphatic carbocycles. The van der Waals surface area contributed by atoms with Crippen molar-refractivity contribution >= 4 is 17.4 Å². The number of amides is 1. The van der Waals surface area contributed by atoms with E-state index in [0.717, 1.165) is 30.5 Å². The number of anilines is 1. The molecular formula is C21H29N5O. The Morgan fingerprint density at radius 2 is 2.04 bits per heavy atom. The lowest BCUT2D eigenvalue weighted by Crippen LogP contribution is -2.25. The van der Waals surface area contributed by atoms with Crippen molar-refractivity contribution in [3.8, 4) is 0 Å². The van der Waals surface area contributed by atoms with Crippen LogP contribution >= 0.6 is 0 Å². The van der Waals surface area contributed by atoms with Crippen LogP contribution in [-0.2, 0) is 5.54 Å². The fraction of sp³-hybridized carbons (Fsp3) is 0.429. The lowest BCUT2D eigenvalue weighted by atomic mass is 9.87. The van der Waals surface area contributed by atoms with E-state index in [0.29, 0.717) is 17.9 Å². The lowest BCUT2D eigenvalue weighted by molar-refractivity contribution is 0.102. The fourth-order valence-corrected chi connectivity index (χ4v) is 2.82. The van der Waals surface area contributed by atoms with E-state index in [1.54, 1.807) is 6.20 Å². The zero-order valence-electron chi connectivity index (χ0n) is 16.6. The Hall–Kier alpha value is -2.76. The van der Waals surface area contributed by atoms with E-state index in [1.165, 1.54) is 6.20 Å². The quantitative estimate of drug-likeness (QED) is 0.540. The predicted octanol–water partition coefficient (Wildman–Crippen LogP) is 4.21. The summed E-state index contributed by atoms with van der Waals surface area (Å²) in [4.78, 5) is 25.4. The minimum absolute atomic E-state index is 0.285. The minimum atomic E-state index is -0.416. The number of benzene rings is 1. The molecule has 0 aliphatic heterocycles. The minimum Gasteiger partial charge on any atom is -0.387 e. The molecular weight excluding hydrogens is 338 g/mol. The molecule has 27 heavy (non-hydrogen) atoms. The maximum atomic E-state index is 12.4. The van der Waals surface area contributed by atoms with Crippen LogP contribution in [0.3, 0.4) is 0 Å². The molecule has 144 valence electrons. The van der Waals surface area contributed by atoms with E-state index >= 15 is 0 Å². The number of hydrogen-bond donors (Lipinski definition) is 2. The first-order valence-corrected chi connectivity index (χ1v) is 9.42. The SMILES string of the molecule is CCCCC(C)(N=C(N)CC)c1cccc(NC(=O)c2cnc(C)cn2)c1. The maximum absolute atomic E-state index is 12.4. The van der Waals surface area contributed by atoms with Gasteiger partial charge in [0.05, 0.1) is 23.3 Å². The van der Waals surface area contributed by atoms with E-state index < -0.39 is 5.54 Å². The third-order valence-electron chi connectivity index (χ3n) is 4.53. The molecule has 0 saturated heterocycles. The number of nitrogens with two attached hydrogens (primary N) is 1. The van der Waals surface area contributed by atoms with Gasteiger partial charge in [-0.1, -0.05) is 38.8 Å². The van der Waals surface area contributed by atoms with Crippen LogP contribution in [0.2, 0.25) is 0 Å². The van der Waals surface area contributed by atoms with Crippen LogP contribution in [0.25, 0.3) is 0 Å². The van der Waals surface area contributed by atoms with Gasteiger partial charge in [0.15, 0.2) is 0 Å². The summed E-state index contributed by atoms with van der Waals surface area (Å²) in [5, 5.41) is 2.89. The Morgan fingerprint density at radius 3 is 2.67 bits per heavy atom. The van der Waals surface area contributed by atoms with Crippen molar-refractivity contribution in [2.75, 3.05) is 5.32 Å². The second-order valence-electron chi connectivity index (χ2n) is 6.91. The molecule has 1 atom stereocenters. The molecule has 2 aromatic rings. The van der Waals surface area contributed by atoms with Gasteiger partial charge < -0.3 is 11.1 Å². The number of aryl methyl sites for hydroxylation is 1. The average Bonchev–Trinajstić information content (AvgIpc) is 2.67. The van der Waals surface area contributed by atoms with Crippen molar-refractivity contribution < 1.29 is 4.79 Å². The van der Waals surface area contributed by atoms with Gasteiger partial charge in [-0.3, -0.25) is 14.8 Å². The number of nitrogens with one attached hydrogen (secondary N) is 1. The van der Waals surface area contributed by atoms with Crippen molar-refractivity contribution in [3.05, 3.63) is 53.6 Å². The Morgan fingerprint density at radius 1 is 1.26 bits per heavy atom. The number of aliphatic imine (C=N–C) groups is 1. The summed E-state index contributed by atoms with van der Waals surface area (Å²) in [6.07, 6.45) is 6.79. The highest BCUT2D eigenvalue weighted by atomic mass is 16.1. The molecule has 6 heteroatoms. The molecule has 1 heterocycles. The Bertz CT molecular complexity index is 800. The van der Waals surface area contributed by atoms with E-state index in [2.05, 4.69) is 29.1 Å². The number of carbonyl (C=O) groups excluding carboxylic acids is 1. The Kier molecular flexibility index (Phi) is 7.05. The summed E-state index contributed by atoms with van der Waals surface area (Å²) < 4.78 is 0. The van der Waals surface area contributed by atoms with Gasteiger partial charge in [-0.05, 0) is 38.0 Å². The first-order valence-electron chi connectivity index (χ1n) is 9.42. The number of amidine groups is 1. The van der Waals surface area contributed by atoms with Gasteiger partial charge in [0.25, 0.3) is 5.91 Å². The highest BCUT2D eigenvalue weighted by molar-refractivity contribution is 6.02. The molecule has 0 spiro atoms. The van der Waals surface area contributed by atoms with Gasteiger partial charge in [0.1, 0.15) is 5.69 Å². The highest BCUT2D eigenvalue weighted by Crippen LogP contribution is 2.33. The molecule has 0 bridgehead atoms. The number of carbonyl (C=O) groups is 1. The zero-order chi connectivity index (χ0) is 19.9. The highest BCUT2D eigenvalue weighted by Gasteiger charge is 2.26. The fourth-order valence-electron chi connectivity index (χ4n) is 2.82. The zero-order valence-corrected chi connectivity index (χ0v) is 16.6. The molecule has 1 unspecified atom stereocenters. The largest absolute Gasteiger partial charge is 0.387 e. The Labute approximate surface area is 161 Å². The van der Waals surface area contributed by atoms with Gasteiger partial charge in [-0.25, -0.2) is 4.98 Å². The van der Waals surface area contributed by atoms with Gasteiger partial charge >= 0.3 is 0 Å². The number of rotatable bonds is 8. The monoisotopic (exact) mass is 367 g/mol. The summed E-state index contributed by atoms with van der Waals surface area (Å²) >= 11 is 0. The molecule has 0 fully saturated rings. The molecule has 2 rings (SSSR count). The van der Waals surface area contributed by atoms with E-state index in [4.69, 9.17) is 10.7 Å². The summed E-state index contributed by atoms with van der Waals surface area (Å²) in [6, 6.07) is 7.77. The number of nitrogens with zero attached hydrogens (tertiary/aromatic N) is 3. The third-order valence-corrected chi connectivity index (χ3v) is 4.53. The van der Waals surface area contributed by atoms with Crippen LogP contribution in [0.5, 0.6) is 0 Å². The van der Waals surface area contributed by atoms with Crippen molar-refractivity contribution in [1.82, 2.24) is 9.97 Å². The summed E-state index contributed by atoms with van der Waals surface area (Å²) in [7, 11) is 0. The van der Waals surface area contributed by atoms with Crippen LogP contribution in [0, 0.1) is 6.92 Å². The topological polar surface area (TPSA) is 93.3 Å². The molecule has 1 amide bonds. The Balaban J connectivity index is 2.28. The van der Waals surface area contributed by atoms with Gasteiger partial charge in [0.2, 0.25) is 0 Å². The maximum Gasteiger partial charge on any atom is 0.275 e. The number of aromatic nitrogens is 2. The molecule has 0 saturated carbocycles. The second-order valence-corrected chi connectivity index (χ2v) is 6.91. The molecule has 6 nitrogen and oxygen atoms in total. The van der Waals surface area contributed by atoms with E-state index in [-0.39, 0.29) is 11.6 Å².